The molecular weight excluding hydrogens is 310 g/mol. The fraction of sp³-hybridized carbons (Fsp3) is 0.222. The first kappa shape index (κ1) is 15.6. The van der Waals surface area contributed by atoms with Gasteiger partial charge in [0, 0.05) is 28.1 Å². The third-order valence-electron chi connectivity index (χ3n) is 3.77. The van der Waals surface area contributed by atoms with Crippen molar-refractivity contribution >= 4 is 29.1 Å². The summed E-state index contributed by atoms with van der Waals surface area (Å²) in [7, 11) is 0. The second-order valence-electron chi connectivity index (χ2n) is 5.27. The molecule has 1 amide bonds. The van der Waals surface area contributed by atoms with Crippen LogP contribution in [0.25, 0.3) is 0 Å². The summed E-state index contributed by atoms with van der Waals surface area (Å²) in [6, 6.07) is 13.0. The number of amides is 1. The van der Waals surface area contributed by atoms with Crippen molar-refractivity contribution < 1.29 is 14.3 Å². The summed E-state index contributed by atoms with van der Waals surface area (Å²) in [6.45, 7) is -0.0745. The quantitative estimate of drug-likeness (QED) is 0.853. The molecule has 2 aromatic carbocycles. The average molecular weight is 327 g/mol. The van der Waals surface area contributed by atoms with Crippen molar-refractivity contribution in [3.8, 4) is 5.75 Å². The first-order chi connectivity index (χ1) is 11.2. The molecule has 0 atom stereocenters. The molecule has 1 aliphatic rings. The third kappa shape index (κ3) is 3.56. The summed E-state index contributed by atoms with van der Waals surface area (Å²) in [5, 5.41) is 2.80. The average Bonchev–Trinajstić information content (AvgIpc) is 2.96. The normalized spacial score (nSPS) is 12.8. The summed E-state index contributed by atoms with van der Waals surface area (Å²) in [6.07, 6.45) is 3.20. The third-order valence-corrected chi connectivity index (χ3v) is 4.51. The first-order valence-electron chi connectivity index (χ1n) is 7.39. The van der Waals surface area contributed by atoms with E-state index in [0.29, 0.717) is 18.6 Å². The molecule has 1 N–H and O–H groups in total. The number of anilines is 1. The minimum atomic E-state index is -0.219. The lowest BCUT2D eigenvalue weighted by Crippen LogP contribution is -2.20. The van der Waals surface area contributed by atoms with Crippen LogP contribution in [0, 0.1) is 0 Å². The van der Waals surface area contributed by atoms with E-state index in [1.807, 2.05) is 36.6 Å². The number of Topliss-reactive ketones (excluding diaryl/α,β-unsaturated/α-hetero) is 1. The zero-order valence-electron chi connectivity index (χ0n) is 12.8. The maximum Gasteiger partial charge on any atom is 0.262 e. The van der Waals surface area contributed by atoms with Crippen molar-refractivity contribution in [2.45, 2.75) is 17.7 Å². The molecule has 0 unspecified atom stereocenters. The number of hydrogen-bond acceptors (Lipinski definition) is 4. The molecule has 0 aliphatic heterocycles. The maximum atomic E-state index is 12.0. The minimum Gasteiger partial charge on any atom is -0.483 e. The second-order valence-corrected chi connectivity index (χ2v) is 6.15. The molecule has 23 heavy (non-hydrogen) atoms. The smallest absolute Gasteiger partial charge is 0.262 e. The Morgan fingerprint density at radius 2 is 1.96 bits per heavy atom. The van der Waals surface area contributed by atoms with Gasteiger partial charge in [-0.05, 0) is 43.0 Å². The Balaban J connectivity index is 1.60. The maximum absolute atomic E-state index is 12.0. The Labute approximate surface area is 139 Å². The number of carbonyl (C=O) groups excluding carboxylic acids is 2. The van der Waals surface area contributed by atoms with Gasteiger partial charge in [0.2, 0.25) is 0 Å². The van der Waals surface area contributed by atoms with Gasteiger partial charge >= 0.3 is 0 Å². The van der Waals surface area contributed by atoms with Crippen molar-refractivity contribution in [1.82, 2.24) is 0 Å². The Morgan fingerprint density at radius 1 is 1.17 bits per heavy atom. The van der Waals surface area contributed by atoms with Gasteiger partial charge in [0.05, 0.1) is 0 Å². The van der Waals surface area contributed by atoms with E-state index in [4.69, 9.17) is 4.74 Å². The van der Waals surface area contributed by atoms with Crippen LogP contribution < -0.4 is 10.1 Å². The first-order valence-corrected chi connectivity index (χ1v) is 8.61. The number of thioether (sulfide) groups is 1. The molecule has 0 spiro atoms. The van der Waals surface area contributed by atoms with E-state index < -0.39 is 0 Å². The molecule has 118 valence electrons. The standard InChI is InChI=1S/C18H17NO3S/c1-23-13-7-5-12(6-8-13)19-18(21)11-22-17-4-2-3-14-15(17)9-10-16(14)20/h2-8H,9-11H2,1H3,(H,19,21). The lowest BCUT2D eigenvalue weighted by molar-refractivity contribution is -0.118. The van der Waals surface area contributed by atoms with Gasteiger partial charge in [0.1, 0.15) is 5.75 Å². The molecule has 4 nitrogen and oxygen atoms in total. The highest BCUT2D eigenvalue weighted by Crippen LogP contribution is 2.30. The van der Waals surface area contributed by atoms with Crippen LogP contribution in [0.3, 0.4) is 0 Å². The predicted molar refractivity (Wildman–Crippen MR) is 91.4 cm³/mol. The highest BCUT2D eigenvalue weighted by molar-refractivity contribution is 7.98. The highest BCUT2D eigenvalue weighted by atomic mass is 32.2. The number of carbonyl (C=O) groups is 2. The van der Waals surface area contributed by atoms with Crippen molar-refractivity contribution in [2.24, 2.45) is 0 Å². The van der Waals surface area contributed by atoms with Crippen molar-refractivity contribution in [3.63, 3.8) is 0 Å². The molecule has 0 fully saturated rings. The molecule has 0 saturated heterocycles. The van der Waals surface area contributed by atoms with Crippen molar-refractivity contribution in [1.29, 1.82) is 0 Å². The van der Waals surface area contributed by atoms with Crippen LogP contribution >= 0.6 is 11.8 Å². The van der Waals surface area contributed by atoms with E-state index in [1.165, 1.54) is 0 Å². The topological polar surface area (TPSA) is 55.4 Å². The van der Waals surface area contributed by atoms with Crippen LogP contribution in [0.4, 0.5) is 5.69 Å². The molecule has 3 rings (SSSR count). The van der Waals surface area contributed by atoms with E-state index >= 15 is 0 Å². The monoisotopic (exact) mass is 327 g/mol. The molecule has 5 heteroatoms. The van der Waals surface area contributed by atoms with E-state index in [-0.39, 0.29) is 18.3 Å². The summed E-state index contributed by atoms with van der Waals surface area (Å²) < 4.78 is 5.61. The largest absolute Gasteiger partial charge is 0.483 e. The highest BCUT2D eigenvalue weighted by Gasteiger charge is 2.22. The zero-order valence-corrected chi connectivity index (χ0v) is 13.6. The molecular formula is C18H17NO3S. The lowest BCUT2D eigenvalue weighted by Gasteiger charge is -2.10. The molecule has 0 aromatic heterocycles. The molecule has 2 aromatic rings. The van der Waals surface area contributed by atoms with Gasteiger partial charge in [0.25, 0.3) is 5.91 Å². The number of ketones is 1. The second kappa shape index (κ2) is 6.87. The van der Waals surface area contributed by atoms with E-state index in [0.717, 1.165) is 21.7 Å². The van der Waals surface area contributed by atoms with Crippen LogP contribution in [0.5, 0.6) is 5.75 Å². The van der Waals surface area contributed by atoms with Crippen molar-refractivity contribution in [2.75, 3.05) is 18.2 Å². The Morgan fingerprint density at radius 3 is 2.70 bits per heavy atom. The van der Waals surface area contributed by atoms with Crippen LogP contribution in [0.2, 0.25) is 0 Å². The summed E-state index contributed by atoms with van der Waals surface area (Å²) >= 11 is 1.65. The van der Waals surface area contributed by atoms with Crippen LogP contribution in [0.15, 0.2) is 47.4 Å². The minimum absolute atomic E-state index is 0.0745. The summed E-state index contributed by atoms with van der Waals surface area (Å²) in [5.74, 6) is 0.550. The fourth-order valence-corrected chi connectivity index (χ4v) is 3.02. The van der Waals surface area contributed by atoms with E-state index in [9.17, 15) is 9.59 Å². The molecule has 0 saturated carbocycles. The van der Waals surface area contributed by atoms with Crippen LogP contribution in [0.1, 0.15) is 22.3 Å². The molecule has 0 radical (unpaired) electrons. The van der Waals surface area contributed by atoms with Gasteiger partial charge in [-0.25, -0.2) is 0 Å². The number of benzene rings is 2. The summed E-state index contributed by atoms with van der Waals surface area (Å²) in [4.78, 5) is 24.9. The van der Waals surface area contributed by atoms with Gasteiger partial charge in [-0.1, -0.05) is 12.1 Å². The Kier molecular flexibility index (Phi) is 4.67. The van der Waals surface area contributed by atoms with Gasteiger partial charge in [-0.3, -0.25) is 9.59 Å². The molecule has 0 heterocycles. The molecule has 1 aliphatic carbocycles. The van der Waals surface area contributed by atoms with E-state index in [1.54, 1.807) is 23.9 Å². The summed E-state index contributed by atoms with van der Waals surface area (Å²) in [5.41, 5.74) is 2.37. The van der Waals surface area contributed by atoms with E-state index in [2.05, 4.69) is 5.32 Å². The number of nitrogens with one attached hydrogen (secondary N) is 1. The van der Waals surface area contributed by atoms with Gasteiger partial charge in [-0.2, -0.15) is 0 Å². The predicted octanol–water partition coefficient (Wildman–Crippen LogP) is 3.55. The number of ether oxygens (including phenoxy) is 1. The van der Waals surface area contributed by atoms with Crippen molar-refractivity contribution in [3.05, 3.63) is 53.6 Å². The number of rotatable bonds is 5. The van der Waals surface area contributed by atoms with Gasteiger partial charge in [-0.15, -0.1) is 11.8 Å². The number of hydrogen-bond donors (Lipinski definition) is 1. The Hall–Kier alpha value is -2.27. The zero-order chi connectivity index (χ0) is 16.2. The van der Waals surface area contributed by atoms with Crippen LogP contribution in [-0.2, 0) is 11.2 Å². The van der Waals surface area contributed by atoms with Gasteiger partial charge in [0.15, 0.2) is 12.4 Å². The molecule has 0 bridgehead atoms. The number of fused-ring (bicyclic) bond motifs is 1. The fourth-order valence-electron chi connectivity index (χ4n) is 2.61. The van der Waals surface area contributed by atoms with Gasteiger partial charge < -0.3 is 10.1 Å². The van der Waals surface area contributed by atoms with Crippen LogP contribution in [-0.4, -0.2) is 24.6 Å². The lowest BCUT2D eigenvalue weighted by atomic mass is 10.1. The SMILES string of the molecule is CSc1ccc(NC(=O)COc2cccc3c2CCC3=O)cc1. The Bertz CT molecular complexity index is 740.